The summed E-state index contributed by atoms with van der Waals surface area (Å²) in [6.45, 7) is 4.88. The zero-order chi connectivity index (χ0) is 21.6. The van der Waals surface area contributed by atoms with E-state index in [4.69, 9.17) is 4.74 Å². The number of carbonyl (C=O) groups is 3. The highest BCUT2D eigenvalue weighted by atomic mass is 16.6. The zero-order valence-corrected chi connectivity index (χ0v) is 16.4. The monoisotopic (exact) mass is 398 g/mol. The number of anilines is 1. The number of hydrogen-bond donors (Lipinski definition) is 1. The van der Waals surface area contributed by atoms with Crippen LogP contribution in [0.2, 0.25) is 0 Å². The molecule has 0 aliphatic heterocycles. The average molecular weight is 398 g/mol. The Hall–Kier alpha value is -3.55. The number of hydrogen-bond acceptors (Lipinski definition) is 6. The summed E-state index contributed by atoms with van der Waals surface area (Å²) >= 11 is 0. The molecule has 1 amide bonds. The minimum atomic E-state index is -1.04. The second-order valence-corrected chi connectivity index (χ2v) is 6.55. The van der Waals surface area contributed by atoms with Crippen molar-refractivity contribution in [1.82, 2.24) is 0 Å². The van der Waals surface area contributed by atoms with E-state index in [9.17, 15) is 24.5 Å². The molecular formula is C21H22N2O6. The molecule has 0 bridgehead atoms. The topological polar surface area (TPSA) is 116 Å². The first kappa shape index (κ1) is 21.7. The first-order valence-corrected chi connectivity index (χ1v) is 9.13. The second kappa shape index (κ2) is 9.59. The fraction of sp³-hybridized carbons (Fsp3) is 0.286. The third-order valence-corrected chi connectivity index (χ3v) is 4.21. The maximum Gasteiger partial charge on any atom is 0.338 e. The van der Waals surface area contributed by atoms with E-state index in [1.54, 1.807) is 24.3 Å². The van der Waals surface area contributed by atoms with Crippen LogP contribution in [0.1, 0.15) is 53.0 Å². The number of aryl methyl sites for hydroxylation is 1. The highest BCUT2D eigenvalue weighted by Gasteiger charge is 2.22. The van der Waals surface area contributed by atoms with E-state index in [0.29, 0.717) is 23.2 Å². The number of carbonyl (C=O) groups excluding carboxylic acids is 3. The van der Waals surface area contributed by atoms with E-state index < -0.39 is 22.8 Å². The maximum atomic E-state index is 12.5. The minimum absolute atomic E-state index is 0.100. The van der Waals surface area contributed by atoms with Gasteiger partial charge in [-0.2, -0.15) is 0 Å². The summed E-state index contributed by atoms with van der Waals surface area (Å²) in [6, 6.07) is 10.2. The van der Waals surface area contributed by atoms with E-state index in [2.05, 4.69) is 5.32 Å². The lowest BCUT2D eigenvalue weighted by Crippen LogP contribution is -2.24. The van der Waals surface area contributed by atoms with Gasteiger partial charge in [-0.3, -0.25) is 19.7 Å². The van der Waals surface area contributed by atoms with Crippen molar-refractivity contribution in [3.05, 3.63) is 69.3 Å². The summed E-state index contributed by atoms with van der Waals surface area (Å²) in [5.41, 5.74) is 1.26. The van der Waals surface area contributed by atoms with Crippen molar-refractivity contribution in [2.24, 2.45) is 0 Å². The number of Topliss-reactive ketones (excluding diaryl/α,β-unsaturated/α-hetero) is 1. The molecule has 8 nitrogen and oxygen atoms in total. The molecule has 8 heteroatoms. The van der Waals surface area contributed by atoms with Gasteiger partial charge in [0.05, 0.1) is 10.5 Å². The quantitative estimate of drug-likeness (QED) is 0.310. The fourth-order valence-corrected chi connectivity index (χ4v) is 2.67. The molecular weight excluding hydrogens is 376 g/mol. The maximum absolute atomic E-state index is 12.5. The molecule has 0 aliphatic rings. The molecule has 0 saturated heterocycles. The molecule has 2 aromatic carbocycles. The summed E-state index contributed by atoms with van der Waals surface area (Å²) in [4.78, 5) is 46.7. The fourth-order valence-electron chi connectivity index (χ4n) is 2.67. The number of benzene rings is 2. The lowest BCUT2D eigenvalue weighted by molar-refractivity contribution is -0.385. The van der Waals surface area contributed by atoms with Crippen LogP contribution in [-0.2, 0) is 9.53 Å². The number of rotatable bonds is 8. The molecule has 2 aromatic rings. The Labute approximate surface area is 168 Å². The van der Waals surface area contributed by atoms with E-state index in [0.717, 1.165) is 6.42 Å². The minimum Gasteiger partial charge on any atom is -0.451 e. The van der Waals surface area contributed by atoms with Crippen molar-refractivity contribution in [3.63, 3.8) is 0 Å². The smallest absolute Gasteiger partial charge is 0.338 e. The first-order chi connectivity index (χ1) is 13.7. The van der Waals surface area contributed by atoms with E-state index in [-0.39, 0.29) is 17.2 Å². The Bertz CT molecular complexity index is 937. The molecule has 0 aromatic heterocycles. The van der Waals surface area contributed by atoms with Crippen LogP contribution < -0.4 is 5.32 Å². The Kier molecular flexibility index (Phi) is 7.19. The summed E-state index contributed by atoms with van der Waals surface area (Å²) < 4.78 is 5.21. The van der Waals surface area contributed by atoms with Gasteiger partial charge in [0.1, 0.15) is 0 Å². The van der Waals surface area contributed by atoms with Crippen LogP contribution in [0, 0.1) is 17.0 Å². The third kappa shape index (κ3) is 5.71. The number of ether oxygens (including phenoxy) is 1. The predicted molar refractivity (Wildman–Crippen MR) is 107 cm³/mol. The average Bonchev–Trinajstić information content (AvgIpc) is 2.67. The highest BCUT2D eigenvalue weighted by Crippen LogP contribution is 2.20. The summed E-state index contributed by atoms with van der Waals surface area (Å²) in [7, 11) is 0. The van der Waals surface area contributed by atoms with Gasteiger partial charge >= 0.3 is 5.97 Å². The standard InChI is InChI=1S/C21H22N2O6/c1-4-5-19(24)22-17-9-6-15(7-10-17)20(25)14(3)29-21(26)16-8-11-18(23(27)28)13(2)12-16/h6-12,14H,4-5H2,1-3H3,(H,22,24)/t14-/m0/s1. The largest absolute Gasteiger partial charge is 0.451 e. The number of esters is 1. The van der Waals surface area contributed by atoms with Gasteiger partial charge in [-0.15, -0.1) is 0 Å². The van der Waals surface area contributed by atoms with Crippen molar-refractivity contribution >= 4 is 29.0 Å². The SMILES string of the molecule is CCCC(=O)Nc1ccc(C(=O)[C@H](C)OC(=O)c2ccc([N+](=O)[O-])c(C)c2)cc1. The van der Waals surface area contributed by atoms with Gasteiger partial charge in [0, 0.05) is 29.3 Å². The normalized spacial score (nSPS) is 11.4. The second-order valence-electron chi connectivity index (χ2n) is 6.55. The van der Waals surface area contributed by atoms with Crippen LogP contribution in [0.5, 0.6) is 0 Å². The van der Waals surface area contributed by atoms with Gasteiger partial charge in [-0.05, 0) is 56.7 Å². The molecule has 0 radical (unpaired) electrons. The Morgan fingerprint density at radius 2 is 1.72 bits per heavy atom. The number of amides is 1. The molecule has 152 valence electrons. The van der Waals surface area contributed by atoms with Crippen molar-refractivity contribution in [3.8, 4) is 0 Å². The van der Waals surface area contributed by atoms with Crippen LogP contribution in [-0.4, -0.2) is 28.7 Å². The number of nitrogens with one attached hydrogen (secondary N) is 1. The lowest BCUT2D eigenvalue weighted by atomic mass is 10.1. The van der Waals surface area contributed by atoms with Crippen LogP contribution in [0.25, 0.3) is 0 Å². The predicted octanol–water partition coefficient (Wildman–Crippen LogP) is 4.07. The van der Waals surface area contributed by atoms with Gasteiger partial charge in [0.15, 0.2) is 6.10 Å². The molecule has 1 N–H and O–H groups in total. The third-order valence-electron chi connectivity index (χ3n) is 4.21. The summed E-state index contributed by atoms with van der Waals surface area (Å²) in [5, 5.41) is 13.6. The lowest BCUT2D eigenvalue weighted by Gasteiger charge is -2.13. The molecule has 0 aliphatic carbocycles. The Balaban J connectivity index is 2.03. The molecule has 0 heterocycles. The van der Waals surface area contributed by atoms with Crippen molar-refractivity contribution < 1.29 is 24.0 Å². The van der Waals surface area contributed by atoms with Crippen LogP contribution >= 0.6 is 0 Å². The van der Waals surface area contributed by atoms with Gasteiger partial charge in [-0.1, -0.05) is 6.92 Å². The van der Waals surface area contributed by atoms with Gasteiger partial charge < -0.3 is 10.1 Å². The zero-order valence-electron chi connectivity index (χ0n) is 16.4. The van der Waals surface area contributed by atoms with E-state index in [1.165, 1.54) is 32.0 Å². The number of nitrogens with zero attached hydrogens (tertiary/aromatic N) is 1. The highest BCUT2D eigenvalue weighted by molar-refractivity contribution is 6.02. The van der Waals surface area contributed by atoms with E-state index >= 15 is 0 Å². The molecule has 0 spiro atoms. The van der Waals surface area contributed by atoms with Crippen molar-refractivity contribution in [2.75, 3.05) is 5.32 Å². The van der Waals surface area contributed by atoms with E-state index in [1.807, 2.05) is 6.92 Å². The number of nitro groups is 1. The molecule has 2 rings (SSSR count). The summed E-state index contributed by atoms with van der Waals surface area (Å²) in [5.74, 6) is -1.25. The number of nitro benzene ring substituents is 1. The van der Waals surface area contributed by atoms with Gasteiger partial charge in [-0.25, -0.2) is 4.79 Å². The molecule has 0 saturated carbocycles. The van der Waals surface area contributed by atoms with Gasteiger partial charge in [0.2, 0.25) is 11.7 Å². The van der Waals surface area contributed by atoms with Crippen LogP contribution in [0.3, 0.4) is 0 Å². The molecule has 1 atom stereocenters. The van der Waals surface area contributed by atoms with Crippen molar-refractivity contribution in [1.29, 1.82) is 0 Å². The Morgan fingerprint density at radius 3 is 2.28 bits per heavy atom. The van der Waals surface area contributed by atoms with Crippen LogP contribution in [0.4, 0.5) is 11.4 Å². The van der Waals surface area contributed by atoms with Crippen molar-refractivity contribution in [2.45, 2.75) is 39.7 Å². The first-order valence-electron chi connectivity index (χ1n) is 9.13. The van der Waals surface area contributed by atoms with Crippen LogP contribution in [0.15, 0.2) is 42.5 Å². The summed E-state index contributed by atoms with van der Waals surface area (Å²) in [6.07, 6.45) is 0.105. The molecule has 0 unspecified atom stereocenters. The van der Waals surface area contributed by atoms with Gasteiger partial charge in [0.25, 0.3) is 5.69 Å². The number of ketones is 1. The molecule has 0 fully saturated rings. The molecule has 29 heavy (non-hydrogen) atoms. The Morgan fingerprint density at radius 1 is 1.10 bits per heavy atom.